The molecule has 2 fully saturated rings. The van der Waals surface area contributed by atoms with Crippen LogP contribution in [0, 0.1) is 0 Å². The van der Waals surface area contributed by atoms with Gasteiger partial charge >= 0.3 is 0 Å². The molecule has 2 aliphatic rings. The highest BCUT2D eigenvalue weighted by Gasteiger charge is 2.51. The molecule has 0 spiro atoms. The SMILES string of the molecule is C[C@@H]1[C@@H](O)[C@@H](O)[C@H]2[C@@H](O)CCN21. The zero-order valence-electron chi connectivity index (χ0n) is 7.09. The fourth-order valence-corrected chi connectivity index (χ4v) is 2.40. The van der Waals surface area contributed by atoms with Crippen LogP contribution in [0.3, 0.4) is 0 Å². The first-order valence-electron chi connectivity index (χ1n) is 4.43. The second kappa shape index (κ2) is 2.67. The van der Waals surface area contributed by atoms with Crippen molar-refractivity contribution in [3.63, 3.8) is 0 Å². The number of hydrogen-bond donors (Lipinski definition) is 3. The largest absolute Gasteiger partial charge is 0.391 e. The molecule has 12 heavy (non-hydrogen) atoms. The van der Waals surface area contributed by atoms with Crippen molar-refractivity contribution in [1.82, 2.24) is 4.90 Å². The summed E-state index contributed by atoms with van der Waals surface area (Å²) in [5.74, 6) is 0. The lowest BCUT2D eigenvalue weighted by Crippen LogP contribution is -2.38. The van der Waals surface area contributed by atoms with Gasteiger partial charge in [-0.1, -0.05) is 0 Å². The van der Waals surface area contributed by atoms with E-state index in [0.29, 0.717) is 6.42 Å². The molecule has 70 valence electrons. The van der Waals surface area contributed by atoms with E-state index in [9.17, 15) is 15.3 Å². The summed E-state index contributed by atoms with van der Waals surface area (Å²) in [6.07, 6.45) is -1.25. The highest BCUT2D eigenvalue weighted by Crippen LogP contribution is 2.32. The van der Waals surface area contributed by atoms with Gasteiger partial charge < -0.3 is 15.3 Å². The second-order valence-electron chi connectivity index (χ2n) is 3.81. The quantitative estimate of drug-likeness (QED) is 0.419. The minimum Gasteiger partial charge on any atom is -0.391 e. The fraction of sp³-hybridized carbons (Fsp3) is 1.00. The van der Waals surface area contributed by atoms with Gasteiger partial charge in [0.15, 0.2) is 0 Å². The summed E-state index contributed by atoms with van der Waals surface area (Å²) in [5, 5.41) is 28.5. The molecule has 0 saturated carbocycles. The lowest BCUT2D eigenvalue weighted by Gasteiger charge is -2.20. The molecule has 0 aromatic heterocycles. The average molecular weight is 173 g/mol. The Balaban J connectivity index is 2.20. The van der Waals surface area contributed by atoms with Crippen LogP contribution in [-0.4, -0.2) is 57.2 Å². The molecule has 0 radical (unpaired) electrons. The Labute approximate surface area is 71.4 Å². The van der Waals surface area contributed by atoms with Crippen molar-refractivity contribution >= 4 is 0 Å². The van der Waals surface area contributed by atoms with Gasteiger partial charge in [0.1, 0.15) is 0 Å². The topological polar surface area (TPSA) is 63.9 Å². The van der Waals surface area contributed by atoms with Gasteiger partial charge in [-0.2, -0.15) is 0 Å². The maximum Gasteiger partial charge on any atom is 0.0994 e. The minimum atomic E-state index is -0.780. The third kappa shape index (κ3) is 0.925. The smallest absolute Gasteiger partial charge is 0.0994 e. The van der Waals surface area contributed by atoms with Crippen LogP contribution in [0.25, 0.3) is 0 Å². The van der Waals surface area contributed by atoms with Crippen molar-refractivity contribution in [1.29, 1.82) is 0 Å². The van der Waals surface area contributed by atoms with Gasteiger partial charge in [0.2, 0.25) is 0 Å². The molecule has 0 aromatic carbocycles. The molecule has 4 nitrogen and oxygen atoms in total. The Hall–Kier alpha value is -0.160. The fourth-order valence-electron chi connectivity index (χ4n) is 2.40. The normalized spacial score (nSPS) is 54.5. The lowest BCUT2D eigenvalue weighted by molar-refractivity contribution is 0.00438. The third-order valence-electron chi connectivity index (χ3n) is 3.18. The van der Waals surface area contributed by atoms with Gasteiger partial charge in [-0.3, -0.25) is 4.90 Å². The van der Waals surface area contributed by atoms with Gasteiger partial charge in [0, 0.05) is 12.6 Å². The highest BCUT2D eigenvalue weighted by molar-refractivity contribution is 5.05. The second-order valence-corrected chi connectivity index (χ2v) is 3.81. The average Bonchev–Trinajstić information content (AvgIpc) is 2.51. The van der Waals surface area contributed by atoms with Crippen LogP contribution < -0.4 is 0 Å². The van der Waals surface area contributed by atoms with E-state index in [2.05, 4.69) is 0 Å². The number of nitrogens with zero attached hydrogens (tertiary/aromatic N) is 1. The van der Waals surface area contributed by atoms with Crippen LogP contribution in [0.2, 0.25) is 0 Å². The number of aliphatic hydroxyl groups is 3. The van der Waals surface area contributed by atoms with E-state index >= 15 is 0 Å². The van der Waals surface area contributed by atoms with Crippen molar-refractivity contribution < 1.29 is 15.3 Å². The van der Waals surface area contributed by atoms with Crippen molar-refractivity contribution in [2.75, 3.05) is 6.54 Å². The predicted octanol–water partition coefficient (Wildman–Crippen LogP) is -1.45. The Morgan fingerprint density at radius 3 is 2.42 bits per heavy atom. The number of fused-ring (bicyclic) bond motifs is 1. The van der Waals surface area contributed by atoms with Crippen molar-refractivity contribution in [3.05, 3.63) is 0 Å². The molecule has 0 unspecified atom stereocenters. The van der Waals surface area contributed by atoms with E-state index in [0.717, 1.165) is 6.54 Å². The van der Waals surface area contributed by atoms with Gasteiger partial charge in [-0.15, -0.1) is 0 Å². The van der Waals surface area contributed by atoms with Crippen LogP contribution in [-0.2, 0) is 0 Å². The summed E-state index contributed by atoms with van der Waals surface area (Å²) in [5.41, 5.74) is 0. The van der Waals surface area contributed by atoms with Crippen LogP contribution in [0.15, 0.2) is 0 Å². The number of rotatable bonds is 0. The molecule has 2 rings (SSSR count). The third-order valence-corrected chi connectivity index (χ3v) is 3.18. The van der Waals surface area contributed by atoms with E-state index in [1.54, 1.807) is 0 Å². The Bertz CT molecular complexity index is 187. The van der Waals surface area contributed by atoms with E-state index in [1.807, 2.05) is 11.8 Å². The van der Waals surface area contributed by atoms with Gasteiger partial charge in [-0.05, 0) is 13.3 Å². The van der Waals surface area contributed by atoms with Gasteiger partial charge in [0.05, 0.1) is 24.4 Å². The molecule has 0 aliphatic carbocycles. The summed E-state index contributed by atoms with van der Waals surface area (Å²) in [7, 11) is 0. The van der Waals surface area contributed by atoms with Crippen molar-refractivity contribution in [2.24, 2.45) is 0 Å². The van der Waals surface area contributed by atoms with E-state index < -0.39 is 18.3 Å². The maximum atomic E-state index is 9.56. The summed E-state index contributed by atoms with van der Waals surface area (Å²) < 4.78 is 0. The first-order valence-corrected chi connectivity index (χ1v) is 4.43. The molecule has 0 bridgehead atoms. The van der Waals surface area contributed by atoms with Crippen LogP contribution >= 0.6 is 0 Å². The molecular weight excluding hydrogens is 158 g/mol. The Morgan fingerprint density at radius 2 is 1.83 bits per heavy atom. The summed E-state index contributed by atoms with van der Waals surface area (Å²) in [4.78, 5) is 1.99. The van der Waals surface area contributed by atoms with Crippen LogP contribution in [0.4, 0.5) is 0 Å². The standard InChI is InChI=1S/C8H15NO3/c1-4-7(11)8(12)6-5(10)2-3-9(4)6/h4-8,10-12H,2-3H2,1H3/t4-,5+,6-,7-,8+/m1/s1. The maximum absolute atomic E-state index is 9.56. The monoisotopic (exact) mass is 173 g/mol. The van der Waals surface area contributed by atoms with Crippen LogP contribution in [0.1, 0.15) is 13.3 Å². The molecule has 2 saturated heterocycles. The van der Waals surface area contributed by atoms with E-state index in [1.165, 1.54) is 0 Å². The van der Waals surface area contributed by atoms with Crippen molar-refractivity contribution in [3.8, 4) is 0 Å². The highest BCUT2D eigenvalue weighted by atomic mass is 16.3. The minimum absolute atomic E-state index is 0.0258. The van der Waals surface area contributed by atoms with Crippen LogP contribution in [0.5, 0.6) is 0 Å². The van der Waals surface area contributed by atoms with E-state index in [4.69, 9.17) is 0 Å². The number of aliphatic hydroxyl groups excluding tert-OH is 3. The number of hydrogen-bond acceptors (Lipinski definition) is 4. The predicted molar refractivity (Wildman–Crippen MR) is 42.6 cm³/mol. The molecule has 2 aliphatic heterocycles. The Morgan fingerprint density at radius 1 is 1.17 bits per heavy atom. The zero-order chi connectivity index (χ0) is 8.88. The van der Waals surface area contributed by atoms with Gasteiger partial charge in [-0.25, -0.2) is 0 Å². The van der Waals surface area contributed by atoms with E-state index in [-0.39, 0.29) is 12.1 Å². The zero-order valence-corrected chi connectivity index (χ0v) is 7.09. The first kappa shape index (κ1) is 8.44. The molecule has 5 atom stereocenters. The molecule has 4 heteroatoms. The molecule has 3 N–H and O–H groups in total. The molecule has 2 heterocycles. The van der Waals surface area contributed by atoms with Gasteiger partial charge in [0.25, 0.3) is 0 Å². The van der Waals surface area contributed by atoms with Crippen molar-refractivity contribution in [2.45, 2.75) is 43.7 Å². The summed E-state index contributed by atoms with van der Waals surface area (Å²) in [6.45, 7) is 2.66. The summed E-state index contributed by atoms with van der Waals surface area (Å²) in [6, 6.07) is -0.267. The molecular formula is C8H15NO3. The lowest BCUT2D eigenvalue weighted by atomic mass is 10.0. The summed E-state index contributed by atoms with van der Waals surface area (Å²) >= 11 is 0. The first-order chi connectivity index (χ1) is 5.63. The molecule has 0 aromatic rings. The Kier molecular flexibility index (Phi) is 1.88. The molecule has 0 amide bonds.